The molecule has 0 saturated heterocycles. The molecule has 0 atom stereocenters. The molecule has 1 amide bonds. The van der Waals surface area contributed by atoms with Gasteiger partial charge in [-0.05, 0) is 12.5 Å². The van der Waals surface area contributed by atoms with Gasteiger partial charge in [0, 0.05) is 18.2 Å². The molecule has 0 radical (unpaired) electrons. The highest BCUT2D eigenvalue weighted by Crippen LogP contribution is 2.11. The Balaban J connectivity index is 2.12. The second kappa shape index (κ2) is 5.49. The lowest BCUT2D eigenvalue weighted by Gasteiger charge is -2.04. The van der Waals surface area contributed by atoms with Gasteiger partial charge < -0.3 is 5.32 Å². The van der Waals surface area contributed by atoms with E-state index in [1.54, 1.807) is 0 Å². The molecule has 1 N–H and O–H groups in total. The van der Waals surface area contributed by atoms with Crippen molar-refractivity contribution in [2.45, 2.75) is 26.8 Å². The third kappa shape index (κ3) is 2.97. The number of carbonyl (C=O) groups is 1. The molecule has 1 aromatic heterocycles. The number of hydrogen-bond donors (Lipinski definition) is 1. The second-order valence-corrected chi connectivity index (χ2v) is 4.22. The Morgan fingerprint density at radius 1 is 1.33 bits per heavy atom. The van der Waals surface area contributed by atoms with Crippen LogP contribution >= 0.6 is 0 Å². The molecule has 0 unspecified atom stereocenters. The highest BCUT2D eigenvalue weighted by molar-refractivity contribution is 5.89. The summed E-state index contributed by atoms with van der Waals surface area (Å²) >= 11 is 0. The number of aryl methyl sites for hydroxylation is 1. The summed E-state index contributed by atoms with van der Waals surface area (Å²) < 4.78 is 1.89. The van der Waals surface area contributed by atoms with Crippen molar-refractivity contribution in [3.05, 3.63) is 47.7 Å². The van der Waals surface area contributed by atoms with Gasteiger partial charge in [-0.2, -0.15) is 5.10 Å². The van der Waals surface area contributed by atoms with Crippen LogP contribution in [0, 0.1) is 6.92 Å². The van der Waals surface area contributed by atoms with Crippen LogP contribution in [0.4, 0.5) is 5.82 Å². The average molecular weight is 243 g/mol. The first-order chi connectivity index (χ1) is 8.69. The van der Waals surface area contributed by atoms with E-state index in [9.17, 15) is 4.79 Å². The Bertz CT molecular complexity index is 531. The Morgan fingerprint density at radius 3 is 2.72 bits per heavy atom. The van der Waals surface area contributed by atoms with E-state index in [1.807, 2.05) is 42.8 Å². The van der Waals surface area contributed by atoms with Crippen molar-refractivity contribution >= 4 is 11.7 Å². The first kappa shape index (κ1) is 12.4. The molecule has 94 valence electrons. The molecule has 4 nitrogen and oxygen atoms in total. The van der Waals surface area contributed by atoms with E-state index in [0.29, 0.717) is 18.8 Å². The van der Waals surface area contributed by atoms with Crippen molar-refractivity contribution in [3.8, 4) is 0 Å². The minimum atomic E-state index is -0.0145. The molecule has 0 bridgehead atoms. The summed E-state index contributed by atoms with van der Waals surface area (Å²) in [6.45, 7) is 4.52. The van der Waals surface area contributed by atoms with Crippen LogP contribution in [-0.4, -0.2) is 15.7 Å². The number of anilines is 1. The van der Waals surface area contributed by atoms with Crippen molar-refractivity contribution in [2.24, 2.45) is 0 Å². The zero-order valence-electron chi connectivity index (χ0n) is 10.7. The number of benzene rings is 1. The van der Waals surface area contributed by atoms with Crippen molar-refractivity contribution < 1.29 is 4.79 Å². The van der Waals surface area contributed by atoms with Crippen LogP contribution in [-0.2, 0) is 11.3 Å². The highest BCUT2D eigenvalue weighted by Gasteiger charge is 2.06. The number of carbonyl (C=O) groups excluding carboxylic acids is 1. The van der Waals surface area contributed by atoms with Gasteiger partial charge in [0.1, 0.15) is 0 Å². The summed E-state index contributed by atoms with van der Waals surface area (Å²) in [6, 6.07) is 12.0. The minimum absolute atomic E-state index is 0.0145. The van der Waals surface area contributed by atoms with Gasteiger partial charge in [0.2, 0.25) is 5.91 Å². The maximum atomic E-state index is 11.3. The van der Waals surface area contributed by atoms with E-state index < -0.39 is 0 Å². The van der Waals surface area contributed by atoms with Crippen LogP contribution in [0.2, 0.25) is 0 Å². The third-order valence-corrected chi connectivity index (χ3v) is 2.74. The fraction of sp³-hybridized carbons (Fsp3) is 0.286. The standard InChI is InChI=1S/C14H17N3O/c1-3-14(18)15-13-9-11(2)17(16-13)10-12-7-5-4-6-8-12/h4-9H,3,10H2,1-2H3,(H,15,16,18). The number of amides is 1. The van der Waals surface area contributed by atoms with Crippen LogP contribution < -0.4 is 5.32 Å². The van der Waals surface area contributed by atoms with Gasteiger partial charge in [-0.25, -0.2) is 0 Å². The molecule has 0 aliphatic heterocycles. The molecule has 2 aromatic rings. The monoisotopic (exact) mass is 243 g/mol. The molecule has 0 fully saturated rings. The van der Waals surface area contributed by atoms with Gasteiger partial charge in [0.15, 0.2) is 5.82 Å². The summed E-state index contributed by atoms with van der Waals surface area (Å²) in [7, 11) is 0. The molecule has 2 rings (SSSR count). The lowest BCUT2D eigenvalue weighted by atomic mass is 10.2. The first-order valence-corrected chi connectivity index (χ1v) is 6.07. The van der Waals surface area contributed by atoms with Crippen LogP contribution in [0.15, 0.2) is 36.4 Å². The SMILES string of the molecule is CCC(=O)Nc1cc(C)n(Cc2ccccc2)n1. The fourth-order valence-electron chi connectivity index (χ4n) is 1.72. The Labute approximate surface area is 107 Å². The smallest absolute Gasteiger partial charge is 0.225 e. The predicted octanol–water partition coefficient (Wildman–Crippen LogP) is 2.59. The Kier molecular flexibility index (Phi) is 3.77. The van der Waals surface area contributed by atoms with E-state index in [2.05, 4.69) is 22.5 Å². The number of nitrogens with zero attached hydrogens (tertiary/aromatic N) is 2. The lowest BCUT2D eigenvalue weighted by molar-refractivity contribution is -0.115. The van der Waals surface area contributed by atoms with Gasteiger partial charge in [0.05, 0.1) is 6.54 Å². The normalized spacial score (nSPS) is 10.3. The van der Waals surface area contributed by atoms with E-state index in [-0.39, 0.29) is 5.91 Å². The predicted molar refractivity (Wildman–Crippen MR) is 71.4 cm³/mol. The average Bonchev–Trinajstić information content (AvgIpc) is 2.71. The van der Waals surface area contributed by atoms with E-state index in [0.717, 1.165) is 5.69 Å². The molecule has 4 heteroatoms. The highest BCUT2D eigenvalue weighted by atomic mass is 16.1. The lowest BCUT2D eigenvalue weighted by Crippen LogP contribution is -2.10. The first-order valence-electron chi connectivity index (χ1n) is 6.07. The molecule has 0 spiro atoms. The number of aromatic nitrogens is 2. The van der Waals surface area contributed by atoms with Crippen LogP contribution in [0.1, 0.15) is 24.6 Å². The van der Waals surface area contributed by atoms with Crippen LogP contribution in [0.25, 0.3) is 0 Å². The number of rotatable bonds is 4. The summed E-state index contributed by atoms with van der Waals surface area (Å²) in [5.74, 6) is 0.606. The van der Waals surface area contributed by atoms with Gasteiger partial charge in [-0.3, -0.25) is 9.48 Å². The van der Waals surface area contributed by atoms with E-state index in [4.69, 9.17) is 0 Å². The molecule has 0 saturated carbocycles. The Morgan fingerprint density at radius 2 is 2.06 bits per heavy atom. The minimum Gasteiger partial charge on any atom is -0.309 e. The fourth-order valence-corrected chi connectivity index (χ4v) is 1.72. The van der Waals surface area contributed by atoms with Crippen LogP contribution in [0.3, 0.4) is 0 Å². The van der Waals surface area contributed by atoms with Gasteiger partial charge in [0.25, 0.3) is 0 Å². The largest absolute Gasteiger partial charge is 0.309 e. The maximum absolute atomic E-state index is 11.3. The van der Waals surface area contributed by atoms with Crippen molar-refractivity contribution in [3.63, 3.8) is 0 Å². The zero-order valence-corrected chi connectivity index (χ0v) is 10.7. The second-order valence-electron chi connectivity index (χ2n) is 4.22. The number of nitrogens with one attached hydrogen (secondary N) is 1. The summed E-state index contributed by atoms with van der Waals surface area (Å²) in [5, 5.41) is 7.15. The molecule has 0 aliphatic rings. The van der Waals surface area contributed by atoms with Crippen molar-refractivity contribution in [1.82, 2.24) is 9.78 Å². The number of hydrogen-bond acceptors (Lipinski definition) is 2. The summed E-state index contributed by atoms with van der Waals surface area (Å²) in [4.78, 5) is 11.3. The maximum Gasteiger partial charge on any atom is 0.225 e. The molecule has 0 aliphatic carbocycles. The van der Waals surface area contributed by atoms with Crippen LogP contribution in [0.5, 0.6) is 0 Å². The van der Waals surface area contributed by atoms with E-state index >= 15 is 0 Å². The molecular weight excluding hydrogens is 226 g/mol. The van der Waals surface area contributed by atoms with E-state index in [1.165, 1.54) is 5.56 Å². The zero-order chi connectivity index (χ0) is 13.0. The van der Waals surface area contributed by atoms with Crippen molar-refractivity contribution in [1.29, 1.82) is 0 Å². The van der Waals surface area contributed by atoms with Gasteiger partial charge in [-0.1, -0.05) is 37.3 Å². The topological polar surface area (TPSA) is 46.9 Å². The summed E-state index contributed by atoms with van der Waals surface area (Å²) in [6.07, 6.45) is 0.463. The summed E-state index contributed by atoms with van der Waals surface area (Å²) in [5.41, 5.74) is 2.22. The molecule has 1 heterocycles. The Hall–Kier alpha value is -2.10. The van der Waals surface area contributed by atoms with Crippen molar-refractivity contribution in [2.75, 3.05) is 5.32 Å². The molecular formula is C14H17N3O. The van der Waals surface area contributed by atoms with Gasteiger partial charge >= 0.3 is 0 Å². The quantitative estimate of drug-likeness (QED) is 0.897. The molecule has 18 heavy (non-hydrogen) atoms. The van der Waals surface area contributed by atoms with Gasteiger partial charge in [-0.15, -0.1) is 0 Å². The molecule has 1 aromatic carbocycles. The third-order valence-electron chi connectivity index (χ3n) is 2.74.